The number of hydrogen-bond donors (Lipinski definition) is 1. The molecule has 1 aromatic heterocycles. The Labute approximate surface area is 111 Å². The van der Waals surface area contributed by atoms with Crippen LogP contribution < -0.4 is 5.32 Å². The molecule has 0 bridgehead atoms. The summed E-state index contributed by atoms with van der Waals surface area (Å²) in [4.78, 5) is 1.42. The molecule has 0 aliphatic rings. The van der Waals surface area contributed by atoms with E-state index in [4.69, 9.17) is 11.6 Å². The first kappa shape index (κ1) is 12.6. The van der Waals surface area contributed by atoms with Crippen LogP contribution in [0.1, 0.15) is 16.5 Å². The fourth-order valence-corrected chi connectivity index (χ4v) is 2.77. The van der Waals surface area contributed by atoms with Gasteiger partial charge in [-0.1, -0.05) is 36.4 Å². The monoisotopic (exact) mass is 265 g/mol. The SMILES string of the molecule is ClCC(NCCc1cccs1)c1ccccc1. The number of halogens is 1. The number of alkyl halides is 1. The number of thiophene rings is 1. The average Bonchev–Trinajstić information content (AvgIpc) is 2.89. The molecule has 3 heteroatoms. The standard InChI is InChI=1S/C14H16ClNS/c15-11-14(12-5-2-1-3-6-12)16-9-8-13-7-4-10-17-13/h1-7,10,14,16H,8-9,11H2. The second kappa shape index (κ2) is 6.80. The van der Waals surface area contributed by atoms with E-state index in [1.807, 2.05) is 6.07 Å². The maximum Gasteiger partial charge on any atom is 0.0457 e. The summed E-state index contributed by atoms with van der Waals surface area (Å²) >= 11 is 7.81. The van der Waals surface area contributed by atoms with E-state index in [9.17, 15) is 0 Å². The van der Waals surface area contributed by atoms with Crippen molar-refractivity contribution in [3.8, 4) is 0 Å². The lowest BCUT2D eigenvalue weighted by molar-refractivity contribution is 0.583. The molecule has 2 aromatic rings. The van der Waals surface area contributed by atoms with Gasteiger partial charge in [0.1, 0.15) is 0 Å². The van der Waals surface area contributed by atoms with Crippen molar-refractivity contribution in [2.24, 2.45) is 0 Å². The topological polar surface area (TPSA) is 12.0 Å². The van der Waals surface area contributed by atoms with E-state index in [2.05, 4.69) is 47.1 Å². The molecule has 1 atom stereocenters. The minimum Gasteiger partial charge on any atom is -0.309 e. The largest absolute Gasteiger partial charge is 0.309 e. The number of benzene rings is 1. The van der Waals surface area contributed by atoms with Crippen LogP contribution in [0.4, 0.5) is 0 Å². The van der Waals surface area contributed by atoms with Crippen LogP contribution in [-0.4, -0.2) is 12.4 Å². The molecule has 1 heterocycles. The third-order valence-corrected chi connectivity index (χ3v) is 3.94. The molecule has 1 nitrogen and oxygen atoms in total. The van der Waals surface area contributed by atoms with E-state index in [-0.39, 0.29) is 6.04 Å². The Morgan fingerprint density at radius 2 is 1.94 bits per heavy atom. The smallest absolute Gasteiger partial charge is 0.0457 e. The van der Waals surface area contributed by atoms with E-state index in [1.54, 1.807) is 11.3 Å². The lowest BCUT2D eigenvalue weighted by Crippen LogP contribution is -2.24. The lowest BCUT2D eigenvalue weighted by atomic mass is 10.1. The summed E-state index contributed by atoms with van der Waals surface area (Å²) in [5, 5.41) is 5.62. The van der Waals surface area contributed by atoms with Crippen molar-refractivity contribution < 1.29 is 0 Å². The second-order valence-corrected chi connectivity index (χ2v) is 5.24. The summed E-state index contributed by atoms with van der Waals surface area (Å²) in [6.45, 7) is 0.965. The Balaban J connectivity index is 1.84. The molecule has 90 valence electrons. The van der Waals surface area contributed by atoms with Crippen molar-refractivity contribution in [2.45, 2.75) is 12.5 Å². The maximum absolute atomic E-state index is 6.00. The number of hydrogen-bond acceptors (Lipinski definition) is 2. The third-order valence-electron chi connectivity index (χ3n) is 2.70. The van der Waals surface area contributed by atoms with Gasteiger partial charge in [-0.15, -0.1) is 22.9 Å². The molecule has 1 N–H and O–H groups in total. The fraction of sp³-hybridized carbons (Fsp3) is 0.286. The highest BCUT2D eigenvalue weighted by Gasteiger charge is 2.08. The van der Waals surface area contributed by atoms with Crippen LogP contribution in [0.2, 0.25) is 0 Å². The van der Waals surface area contributed by atoms with Crippen LogP contribution in [0.25, 0.3) is 0 Å². The zero-order valence-corrected chi connectivity index (χ0v) is 11.2. The Bertz CT molecular complexity index is 413. The highest BCUT2D eigenvalue weighted by Crippen LogP contribution is 2.14. The lowest BCUT2D eigenvalue weighted by Gasteiger charge is -2.16. The van der Waals surface area contributed by atoms with E-state index >= 15 is 0 Å². The van der Waals surface area contributed by atoms with Crippen LogP contribution in [-0.2, 0) is 6.42 Å². The van der Waals surface area contributed by atoms with Crippen LogP contribution >= 0.6 is 22.9 Å². The zero-order valence-electron chi connectivity index (χ0n) is 9.60. The maximum atomic E-state index is 6.00. The normalized spacial score (nSPS) is 12.5. The van der Waals surface area contributed by atoms with Crippen molar-refractivity contribution >= 4 is 22.9 Å². The Morgan fingerprint density at radius 1 is 1.12 bits per heavy atom. The van der Waals surface area contributed by atoms with Crippen LogP contribution in [0.3, 0.4) is 0 Å². The highest BCUT2D eigenvalue weighted by atomic mass is 35.5. The first-order valence-corrected chi connectivity index (χ1v) is 7.18. The van der Waals surface area contributed by atoms with Gasteiger partial charge in [0.05, 0.1) is 0 Å². The predicted molar refractivity (Wildman–Crippen MR) is 75.9 cm³/mol. The van der Waals surface area contributed by atoms with Gasteiger partial charge >= 0.3 is 0 Å². The summed E-state index contributed by atoms with van der Waals surface area (Å²) < 4.78 is 0. The Hall–Kier alpha value is -0.830. The van der Waals surface area contributed by atoms with Crippen molar-refractivity contribution in [2.75, 3.05) is 12.4 Å². The molecule has 1 unspecified atom stereocenters. The van der Waals surface area contributed by atoms with Crippen LogP contribution in [0.5, 0.6) is 0 Å². The molecule has 0 aliphatic carbocycles. The van der Waals surface area contributed by atoms with Crippen molar-refractivity contribution in [1.82, 2.24) is 5.32 Å². The van der Waals surface area contributed by atoms with E-state index < -0.39 is 0 Å². The molecule has 0 saturated heterocycles. The molecule has 0 aliphatic heterocycles. The first-order valence-electron chi connectivity index (χ1n) is 5.77. The minimum atomic E-state index is 0.248. The van der Waals surface area contributed by atoms with Crippen molar-refractivity contribution in [3.63, 3.8) is 0 Å². The molecule has 0 amide bonds. The van der Waals surface area contributed by atoms with Crippen LogP contribution in [0, 0.1) is 0 Å². The summed E-state index contributed by atoms with van der Waals surface area (Å²) in [7, 11) is 0. The van der Waals surface area contributed by atoms with Crippen molar-refractivity contribution in [1.29, 1.82) is 0 Å². The van der Waals surface area contributed by atoms with Gasteiger partial charge in [-0.3, -0.25) is 0 Å². The van der Waals surface area contributed by atoms with Gasteiger partial charge < -0.3 is 5.32 Å². The summed E-state index contributed by atoms with van der Waals surface area (Å²) in [6, 6.07) is 14.9. The van der Waals surface area contributed by atoms with Gasteiger partial charge in [-0.2, -0.15) is 0 Å². The molecule has 0 spiro atoms. The number of rotatable bonds is 6. The Morgan fingerprint density at radius 3 is 2.59 bits per heavy atom. The average molecular weight is 266 g/mol. The molecule has 1 aromatic carbocycles. The van der Waals surface area contributed by atoms with Gasteiger partial charge in [-0.25, -0.2) is 0 Å². The van der Waals surface area contributed by atoms with E-state index in [1.165, 1.54) is 10.4 Å². The molecule has 17 heavy (non-hydrogen) atoms. The molecular weight excluding hydrogens is 250 g/mol. The quantitative estimate of drug-likeness (QED) is 0.782. The van der Waals surface area contributed by atoms with E-state index in [0.717, 1.165) is 13.0 Å². The van der Waals surface area contributed by atoms with Gasteiger partial charge in [0.25, 0.3) is 0 Å². The first-order chi connectivity index (χ1) is 8.40. The van der Waals surface area contributed by atoms with Gasteiger partial charge in [0, 0.05) is 23.3 Å². The fourth-order valence-electron chi connectivity index (χ4n) is 1.77. The minimum absolute atomic E-state index is 0.248. The van der Waals surface area contributed by atoms with Gasteiger partial charge in [0.15, 0.2) is 0 Å². The summed E-state index contributed by atoms with van der Waals surface area (Å²) in [5.74, 6) is 0.606. The summed E-state index contributed by atoms with van der Waals surface area (Å²) in [6.07, 6.45) is 1.07. The second-order valence-electron chi connectivity index (χ2n) is 3.90. The van der Waals surface area contributed by atoms with Crippen LogP contribution in [0.15, 0.2) is 47.8 Å². The summed E-state index contributed by atoms with van der Waals surface area (Å²) in [5.41, 5.74) is 1.26. The van der Waals surface area contributed by atoms with Crippen molar-refractivity contribution in [3.05, 3.63) is 58.3 Å². The molecule has 0 radical (unpaired) electrons. The Kier molecular flexibility index (Phi) is 5.05. The van der Waals surface area contributed by atoms with Gasteiger partial charge in [0.2, 0.25) is 0 Å². The predicted octanol–water partition coefficient (Wildman–Crippen LogP) is 3.86. The number of nitrogens with one attached hydrogen (secondary N) is 1. The zero-order chi connectivity index (χ0) is 11.9. The molecule has 0 fully saturated rings. The van der Waals surface area contributed by atoms with Gasteiger partial charge in [-0.05, 0) is 23.4 Å². The third kappa shape index (κ3) is 3.84. The molecule has 0 saturated carbocycles. The molecular formula is C14H16ClNS. The molecule has 2 rings (SSSR count). The highest BCUT2D eigenvalue weighted by molar-refractivity contribution is 7.09. The van der Waals surface area contributed by atoms with E-state index in [0.29, 0.717) is 5.88 Å².